The molecule has 1 N–H and O–H groups in total. The van der Waals surface area contributed by atoms with E-state index in [-0.39, 0.29) is 18.4 Å². The van der Waals surface area contributed by atoms with E-state index in [1.807, 2.05) is 13.0 Å². The maximum absolute atomic E-state index is 12.3. The maximum atomic E-state index is 12.3. The van der Waals surface area contributed by atoms with Gasteiger partial charge in [0.2, 0.25) is 11.8 Å². The van der Waals surface area contributed by atoms with Gasteiger partial charge in [-0.25, -0.2) is 0 Å². The van der Waals surface area contributed by atoms with Gasteiger partial charge in [-0.1, -0.05) is 17.7 Å². The number of carbonyl (C=O) groups excluding carboxylic acids is 2. The van der Waals surface area contributed by atoms with Gasteiger partial charge in [-0.15, -0.1) is 0 Å². The molecule has 0 aliphatic rings. The Labute approximate surface area is 151 Å². The highest BCUT2D eigenvalue weighted by molar-refractivity contribution is 6.31. The van der Waals surface area contributed by atoms with Crippen molar-refractivity contribution < 1.29 is 14.3 Å². The molecular weight excluding hydrogens is 342 g/mol. The van der Waals surface area contributed by atoms with Gasteiger partial charge in [0, 0.05) is 37.0 Å². The van der Waals surface area contributed by atoms with E-state index in [0.717, 1.165) is 11.1 Å². The number of nitrogens with zero attached hydrogens (tertiary/aromatic N) is 2. The Kier molecular flexibility index (Phi) is 6.36. The standard InChI is InChI=1S/C18H20ClN3O3/c1-12-7-16(17(25-3)8-15(12)19)22(13(2)23)11-18(24)21-10-14-5-4-6-20-9-14/h4-9H,10-11H2,1-3H3,(H,21,24). The average Bonchev–Trinajstić information content (AvgIpc) is 2.60. The summed E-state index contributed by atoms with van der Waals surface area (Å²) in [7, 11) is 1.49. The molecular formula is C18H20ClN3O3. The molecule has 0 saturated carbocycles. The van der Waals surface area contributed by atoms with Gasteiger partial charge in [-0.3, -0.25) is 19.5 Å². The van der Waals surface area contributed by atoms with Crippen molar-refractivity contribution in [1.29, 1.82) is 0 Å². The van der Waals surface area contributed by atoms with Crippen LogP contribution < -0.4 is 15.0 Å². The lowest BCUT2D eigenvalue weighted by molar-refractivity contribution is -0.123. The summed E-state index contributed by atoms with van der Waals surface area (Å²) in [6.45, 7) is 3.45. The van der Waals surface area contributed by atoms with Crippen LogP contribution in [-0.4, -0.2) is 30.5 Å². The van der Waals surface area contributed by atoms with Crippen molar-refractivity contribution in [3.8, 4) is 5.75 Å². The molecule has 6 nitrogen and oxygen atoms in total. The Morgan fingerprint density at radius 3 is 2.72 bits per heavy atom. The van der Waals surface area contributed by atoms with Crippen molar-refractivity contribution >= 4 is 29.1 Å². The number of hydrogen-bond acceptors (Lipinski definition) is 4. The predicted octanol–water partition coefficient (Wildman–Crippen LogP) is 2.72. The Hall–Kier alpha value is -2.60. The fourth-order valence-electron chi connectivity index (χ4n) is 2.29. The number of rotatable bonds is 6. The number of aryl methyl sites for hydroxylation is 1. The number of aromatic nitrogens is 1. The molecule has 0 aliphatic carbocycles. The van der Waals surface area contributed by atoms with E-state index in [0.29, 0.717) is 23.0 Å². The predicted molar refractivity (Wildman–Crippen MR) is 96.9 cm³/mol. The minimum Gasteiger partial charge on any atom is -0.495 e. The molecule has 2 rings (SSSR count). The first-order chi connectivity index (χ1) is 11.9. The van der Waals surface area contributed by atoms with E-state index in [4.69, 9.17) is 16.3 Å². The molecule has 1 aromatic carbocycles. The van der Waals surface area contributed by atoms with Gasteiger partial charge in [0.15, 0.2) is 0 Å². The third kappa shape index (κ3) is 4.93. The monoisotopic (exact) mass is 361 g/mol. The minimum atomic E-state index is -0.284. The number of pyridine rings is 1. The molecule has 0 radical (unpaired) electrons. The molecule has 1 heterocycles. The zero-order chi connectivity index (χ0) is 18.4. The maximum Gasteiger partial charge on any atom is 0.240 e. The van der Waals surface area contributed by atoms with Crippen LogP contribution in [0.15, 0.2) is 36.7 Å². The largest absolute Gasteiger partial charge is 0.495 e. The summed E-state index contributed by atoms with van der Waals surface area (Å²) < 4.78 is 5.30. The van der Waals surface area contributed by atoms with Crippen LogP contribution in [-0.2, 0) is 16.1 Å². The molecule has 0 unspecified atom stereocenters. The number of anilines is 1. The lowest BCUT2D eigenvalue weighted by Gasteiger charge is -2.23. The Bertz CT molecular complexity index is 766. The fourth-order valence-corrected chi connectivity index (χ4v) is 2.45. The van der Waals surface area contributed by atoms with E-state index in [9.17, 15) is 9.59 Å². The summed E-state index contributed by atoms with van der Waals surface area (Å²) in [5.74, 6) is -0.115. The molecule has 1 aromatic heterocycles. The molecule has 7 heteroatoms. The quantitative estimate of drug-likeness (QED) is 0.858. The second-order valence-corrected chi connectivity index (χ2v) is 5.92. The first kappa shape index (κ1) is 18.7. The number of ether oxygens (including phenoxy) is 1. The molecule has 132 valence electrons. The molecule has 2 aromatic rings. The summed E-state index contributed by atoms with van der Waals surface area (Å²) >= 11 is 6.10. The normalized spacial score (nSPS) is 10.2. The molecule has 0 saturated heterocycles. The molecule has 0 fully saturated rings. The number of halogens is 1. The van der Waals surface area contributed by atoms with Crippen LogP contribution in [0.1, 0.15) is 18.1 Å². The number of amides is 2. The zero-order valence-electron chi connectivity index (χ0n) is 14.4. The Balaban J connectivity index is 2.14. The SMILES string of the molecule is COc1cc(Cl)c(C)cc1N(CC(=O)NCc1cccnc1)C(C)=O. The topological polar surface area (TPSA) is 71.5 Å². The van der Waals surface area contributed by atoms with Gasteiger partial charge < -0.3 is 10.1 Å². The minimum absolute atomic E-state index is 0.118. The van der Waals surface area contributed by atoms with Crippen molar-refractivity contribution in [2.75, 3.05) is 18.6 Å². The van der Waals surface area contributed by atoms with Gasteiger partial charge in [0.05, 0.1) is 12.8 Å². The van der Waals surface area contributed by atoms with E-state index in [1.165, 1.54) is 18.9 Å². The lowest BCUT2D eigenvalue weighted by Crippen LogP contribution is -2.39. The Morgan fingerprint density at radius 1 is 1.36 bits per heavy atom. The molecule has 2 amide bonds. The van der Waals surface area contributed by atoms with Gasteiger partial charge in [0.1, 0.15) is 12.3 Å². The van der Waals surface area contributed by atoms with Crippen LogP contribution in [0.5, 0.6) is 5.75 Å². The van der Waals surface area contributed by atoms with Crippen molar-refractivity contribution in [1.82, 2.24) is 10.3 Å². The molecule has 0 aliphatic heterocycles. The Morgan fingerprint density at radius 2 is 2.12 bits per heavy atom. The van der Waals surface area contributed by atoms with Crippen LogP contribution in [0, 0.1) is 6.92 Å². The van der Waals surface area contributed by atoms with Crippen LogP contribution in [0.25, 0.3) is 0 Å². The lowest BCUT2D eigenvalue weighted by atomic mass is 10.2. The number of hydrogen-bond donors (Lipinski definition) is 1. The number of methoxy groups -OCH3 is 1. The highest BCUT2D eigenvalue weighted by Gasteiger charge is 2.20. The third-order valence-corrected chi connectivity index (χ3v) is 4.05. The van der Waals surface area contributed by atoms with Crippen molar-refractivity contribution in [2.24, 2.45) is 0 Å². The average molecular weight is 362 g/mol. The van der Waals surface area contributed by atoms with E-state index in [2.05, 4.69) is 10.3 Å². The third-order valence-electron chi connectivity index (χ3n) is 3.65. The second kappa shape index (κ2) is 8.48. The van der Waals surface area contributed by atoms with Crippen molar-refractivity contribution in [3.05, 3.63) is 52.8 Å². The second-order valence-electron chi connectivity index (χ2n) is 5.52. The van der Waals surface area contributed by atoms with Crippen molar-refractivity contribution in [3.63, 3.8) is 0 Å². The van der Waals surface area contributed by atoms with Gasteiger partial charge in [-0.2, -0.15) is 0 Å². The summed E-state index contributed by atoms with van der Waals surface area (Å²) in [4.78, 5) is 29.7. The van der Waals surface area contributed by atoms with Crippen LogP contribution in [0.4, 0.5) is 5.69 Å². The summed E-state index contributed by atoms with van der Waals surface area (Å²) in [5.41, 5.74) is 2.18. The van der Waals surface area contributed by atoms with Gasteiger partial charge >= 0.3 is 0 Å². The highest BCUT2D eigenvalue weighted by Crippen LogP contribution is 2.33. The van der Waals surface area contributed by atoms with E-state index >= 15 is 0 Å². The summed E-state index contributed by atoms with van der Waals surface area (Å²) in [6.07, 6.45) is 3.34. The smallest absolute Gasteiger partial charge is 0.240 e. The van der Waals surface area contributed by atoms with Crippen LogP contribution in [0.2, 0.25) is 5.02 Å². The molecule has 25 heavy (non-hydrogen) atoms. The summed E-state index contributed by atoms with van der Waals surface area (Å²) in [5, 5.41) is 3.31. The molecule has 0 atom stereocenters. The number of nitrogens with one attached hydrogen (secondary N) is 1. The number of benzene rings is 1. The first-order valence-electron chi connectivity index (χ1n) is 7.70. The van der Waals surface area contributed by atoms with Crippen LogP contribution in [0.3, 0.4) is 0 Å². The summed E-state index contributed by atoms with van der Waals surface area (Å²) in [6, 6.07) is 7.03. The zero-order valence-corrected chi connectivity index (χ0v) is 15.1. The van der Waals surface area contributed by atoms with E-state index < -0.39 is 0 Å². The molecule has 0 bridgehead atoms. The number of carbonyl (C=O) groups is 2. The van der Waals surface area contributed by atoms with Gasteiger partial charge in [0.25, 0.3) is 0 Å². The molecule has 0 spiro atoms. The first-order valence-corrected chi connectivity index (χ1v) is 8.08. The van der Waals surface area contributed by atoms with Crippen molar-refractivity contribution in [2.45, 2.75) is 20.4 Å². The van der Waals surface area contributed by atoms with E-state index in [1.54, 1.807) is 30.6 Å². The highest BCUT2D eigenvalue weighted by atomic mass is 35.5. The van der Waals surface area contributed by atoms with Gasteiger partial charge in [-0.05, 0) is 30.2 Å². The fraction of sp³-hybridized carbons (Fsp3) is 0.278. The van der Waals surface area contributed by atoms with Crippen LogP contribution >= 0.6 is 11.6 Å².